The van der Waals surface area contributed by atoms with E-state index in [-0.39, 0.29) is 31.2 Å². The molecule has 1 amide bonds. The first-order valence-electron chi connectivity index (χ1n) is 12.2. The van der Waals surface area contributed by atoms with Crippen LogP contribution in [0.1, 0.15) is 48.4 Å². The molecule has 0 radical (unpaired) electrons. The molecule has 38 heavy (non-hydrogen) atoms. The lowest BCUT2D eigenvalue weighted by molar-refractivity contribution is -0.220. The molecule has 3 heterocycles. The lowest BCUT2D eigenvalue weighted by atomic mass is 9.84. The van der Waals surface area contributed by atoms with Gasteiger partial charge in [-0.1, -0.05) is 12.1 Å². The van der Waals surface area contributed by atoms with Gasteiger partial charge in [-0.3, -0.25) is 4.98 Å². The quantitative estimate of drug-likeness (QED) is 0.400. The van der Waals surface area contributed by atoms with Crippen LogP contribution in [0.15, 0.2) is 42.6 Å². The minimum Gasteiger partial charge on any atom is -0.497 e. The first-order chi connectivity index (χ1) is 18.1. The Morgan fingerprint density at radius 1 is 1.18 bits per heavy atom. The standard InChI is InChI=1S/C26H29F5N2O5/c1-35-20-4-2-17(3-5-20)14-36-16-22(26(29,30)31)38-24(34)33-10-7-25(8-11-33)13-19(15-37-25)21-12-18(23(27)28)6-9-32-21/h2-6,9,12,19,22-23H,7-8,10-11,13-16H2,1H3/t19?,22-/m1/s1. The molecule has 7 nitrogen and oxygen atoms in total. The van der Waals surface area contributed by atoms with Gasteiger partial charge >= 0.3 is 12.3 Å². The molecule has 1 spiro atoms. The highest BCUT2D eigenvalue weighted by Crippen LogP contribution is 2.43. The normalized spacial score (nSPS) is 20.1. The number of carbonyl (C=O) groups excluding carboxylic acids is 1. The molecule has 2 saturated heterocycles. The number of likely N-dealkylation sites (tertiary alicyclic amines) is 1. The zero-order valence-electron chi connectivity index (χ0n) is 20.8. The summed E-state index contributed by atoms with van der Waals surface area (Å²) in [4.78, 5) is 18.0. The summed E-state index contributed by atoms with van der Waals surface area (Å²) in [6.07, 6.45) is -8.24. The van der Waals surface area contributed by atoms with E-state index in [1.54, 1.807) is 24.3 Å². The summed E-state index contributed by atoms with van der Waals surface area (Å²) < 4.78 is 87.7. The Balaban J connectivity index is 1.27. The summed E-state index contributed by atoms with van der Waals surface area (Å²) in [5.41, 5.74) is 0.463. The number of hydrogen-bond acceptors (Lipinski definition) is 6. The first kappa shape index (κ1) is 28.0. The smallest absolute Gasteiger partial charge is 0.427 e. The predicted molar refractivity (Wildman–Crippen MR) is 125 cm³/mol. The van der Waals surface area contributed by atoms with Crippen LogP contribution < -0.4 is 4.74 Å². The van der Waals surface area contributed by atoms with Gasteiger partial charge in [-0.15, -0.1) is 0 Å². The minimum absolute atomic E-state index is 0.0893. The molecule has 208 valence electrons. The Morgan fingerprint density at radius 3 is 2.53 bits per heavy atom. The SMILES string of the molecule is COc1ccc(COC[C@@H](OC(=O)N2CCC3(CC2)CC(c2cc(C(F)F)ccn2)CO3)C(F)(F)F)cc1. The van der Waals surface area contributed by atoms with Crippen molar-refractivity contribution in [3.05, 3.63) is 59.4 Å². The first-order valence-corrected chi connectivity index (χ1v) is 12.2. The molecular weight excluding hydrogens is 515 g/mol. The molecule has 0 N–H and O–H groups in total. The second-order valence-electron chi connectivity index (χ2n) is 9.47. The number of aromatic nitrogens is 1. The third-order valence-corrected chi connectivity index (χ3v) is 6.92. The maximum atomic E-state index is 13.5. The number of methoxy groups -OCH3 is 1. The number of hydrogen-bond donors (Lipinski definition) is 0. The zero-order valence-corrected chi connectivity index (χ0v) is 20.8. The number of benzene rings is 1. The van der Waals surface area contributed by atoms with Crippen LogP contribution >= 0.6 is 0 Å². The molecule has 2 aromatic rings. The van der Waals surface area contributed by atoms with Crippen LogP contribution in [0.5, 0.6) is 5.75 Å². The molecule has 0 bridgehead atoms. The Bertz CT molecular complexity index is 1070. The van der Waals surface area contributed by atoms with Gasteiger partial charge in [-0.05, 0) is 49.1 Å². The van der Waals surface area contributed by atoms with Crippen molar-refractivity contribution < 1.29 is 45.7 Å². The van der Waals surface area contributed by atoms with Crippen molar-refractivity contribution in [2.24, 2.45) is 0 Å². The second-order valence-corrected chi connectivity index (χ2v) is 9.47. The topological polar surface area (TPSA) is 70.1 Å². The zero-order chi connectivity index (χ0) is 27.3. The van der Waals surface area contributed by atoms with Gasteiger partial charge in [-0.2, -0.15) is 13.2 Å². The van der Waals surface area contributed by atoms with Gasteiger partial charge in [0.2, 0.25) is 6.10 Å². The van der Waals surface area contributed by atoms with Gasteiger partial charge < -0.3 is 23.8 Å². The number of amides is 1. The van der Waals surface area contributed by atoms with Crippen molar-refractivity contribution in [3.8, 4) is 5.75 Å². The minimum atomic E-state index is -4.80. The summed E-state index contributed by atoms with van der Waals surface area (Å²) >= 11 is 0. The van der Waals surface area contributed by atoms with Gasteiger partial charge in [-0.25, -0.2) is 13.6 Å². The van der Waals surface area contributed by atoms with E-state index >= 15 is 0 Å². The van der Waals surface area contributed by atoms with Crippen LogP contribution in [-0.2, 0) is 20.8 Å². The molecule has 1 aromatic carbocycles. The summed E-state index contributed by atoms with van der Waals surface area (Å²) in [6, 6.07) is 9.30. The maximum Gasteiger partial charge on any atom is 0.427 e. The molecule has 2 fully saturated rings. The van der Waals surface area contributed by atoms with E-state index in [4.69, 9.17) is 18.9 Å². The highest BCUT2D eigenvalue weighted by molar-refractivity contribution is 5.68. The molecule has 2 aliphatic heterocycles. The van der Waals surface area contributed by atoms with Crippen molar-refractivity contribution in [2.45, 2.75) is 56.1 Å². The van der Waals surface area contributed by atoms with E-state index in [9.17, 15) is 26.7 Å². The van der Waals surface area contributed by atoms with Crippen molar-refractivity contribution in [2.75, 3.05) is 33.4 Å². The number of pyridine rings is 1. The van der Waals surface area contributed by atoms with Crippen molar-refractivity contribution in [1.29, 1.82) is 0 Å². The van der Waals surface area contributed by atoms with Crippen LogP contribution in [-0.4, -0.2) is 67.3 Å². The van der Waals surface area contributed by atoms with Crippen LogP contribution in [0.25, 0.3) is 0 Å². The van der Waals surface area contributed by atoms with E-state index in [0.29, 0.717) is 42.9 Å². The maximum absolute atomic E-state index is 13.5. The van der Waals surface area contributed by atoms with E-state index in [1.165, 1.54) is 30.3 Å². The molecular formula is C26H29F5N2O5. The van der Waals surface area contributed by atoms with Crippen LogP contribution in [0.4, 0.5) is 26.7 Å². The number of alkyl halides is 5. The third-order valence-electron chi connectivity index (χ3n) is 6.92. The number of carbonyl (C=O) groups is 1. The monoisotopic (exact) mass is 544 g/mol. The van der Waals surface area contributed by atoms with Gasteiger partial charge in [0.15, 0.2) is 0 Å². The fourth-order valence-corrected chi connectivity index (χ4v) is 4.70. The Labute approximate surface area is 216 Å². The van der Waals surface area contributed by atoms with Gasteiger partial charge in [0.1, 0.15) is 5.75 Å². The van der Waals surface area contributed by atoms with Crippen LogP contribution in [0.3, 0.4) is 0 Å². The van der Waals surface area contributed by atoms with E-state index in [1.807, 2.05) is 0 Å². The molecule has 0 saturated carbocycles. The summed E-state index contributed by atoms with van der Waals surface area (Å²) in [7, 11) is 1.50. The molecule has 4 rings (SSSR count). The molecule has 12 heteroatoms. The van der Waals surface area contributed by atoms with Crippen LogP contribution in [0, 0.1) is 0 Å². The van der Waals surface area contributed by atoms with E-state index in [0.717, 1.165) is 0 Å². The third kappa shape index (κ3) is 6.90. The number of nitrogens with zero attached hydrogens (tertiary/aromatic N) is 2. The number of halogens is 5. The average Bonchev–Trinajstić information content (AvgIpc) is 3.31. The number of rotatable bonds is 8. The van der Waals surface area contributed by atoms with E-state index < -0.39 is 37.0 Å². The molecule has 2 aliphatic rings. The van der Waals surface area contributed by atoms with Gasteiger partial charge in [0, 0.05) is 36.5 Å². The number of ether oxygens (including phenoxy) is 4. The fraction of sp³-hybridized carbons (Fsp3) is 0.538. The second kappa shape index (κ2) is 11.8. The Hall–Kier alpha value is -2.99. The summed E-state index contributed by atoms with van der Waals surface area (Å²) in [6.45, 7) is -0.338. The summed E-state index contributed by atoms with van der Waals surface area (Å²) in [5, 5.41) is 0. The molecule has 1 unspecified atom stereocenters. The van der Waals surface area contributed by atoms with Crippen molar-refractivity contribution in [3.63, 3.8) is 0 Å². The van der Waals surface area contributed by atoms with Gasteiger partial charge in [0.25, 0.3) is 6.43 Å². The highest BCUT2D eigenvalue weighted by atomic mass is 19.4. The van der Waals surface area contributed by atoms with Crippen molar-refractivity contribution >= 4 is 6.09 Å². The lowest BCUT2D eigenvalue weighted by Crippen LogP contribution is -2.49. The fourth-order valence-electron chi connectivity index (χ4n) is 4.70. The molecule has 0 aliphatic carbocycles. The van der Waals surface area contributed by atoms with E-state index in [2.05, 4.69) is 4.98 Å². The number of piperidine rings is 1. The van der Waals surface area contributed by atoms with Crippen LogP contribution in [0.2, 0.25) is 0 Å². The molecule has 2 atom stereocenters. The van der Waals surface area contributed by atoms with Crippen molar-refractivity contribution in [1.82, 2.24) is 9.88 Å². The lowest BCUT2D eigenvalue weighted by Gasteiger charge is -2.38. The average molecular weight is 545 g/mol. The predicted octanol–water partition coefficient (Wildman–Crippen LogP) is 5.65. The molecule has 1 aromatic heterocycles. The van der Waals surface area contributed by atoms with Gasteiger partial charge in [0.05, 0.1) is 32.5 Å². The largest absolute Gasteiger partial charge is 0.497 e. The summed E-state index contributed by atoms with van der Waals surface area (Å²) in [5.74, 6) is 0.431. The Morgan fingerprint density at radius 2 is 1.89 bits per heavy atom. The Kier molecular flexibility index (Phi) is 8.71. The highest BCUT2D eigenvalue weighted by Gasteiger charge is 2.47.